The number of esters is 1. The molecule has 0 N–H and O–H groups in total. The van der Waals surface area contributed by atoms with Crippen LogP contribution in [0.3, 0.4) is 0 Å². The maximum Gasteiger partial charge on any atom is 0.311 e. The summed E-state index contributed by atoms with van der Waals surface area (Å²) in [5.74, 6) is 0.241. The Morgan fingerprint density at radius 1 is 1.40 bits per heavy atom. The Hall–Kier alpha value is -0.970. The summed E-state index contributed by atoms with van der Waals surface area (Å²) in [7, 11) is 0. The monoisotopic (exact) mass is 272 g/mol. The van der Waals surface area contributed by atoms with Crippen LogP contribution in [0.15, 0.2) is 16.9 Å². The molecule has 82 valence electrons. The van der Waals surface area contributed by atoms with E-state index in [1.54, 1.807) is 33.2 Å². The predicted molar refractivity (Wildman–Crippen MR) is 59.0 cm³/mol. The first-order chi connectivity index (χ1) is 6.89. The number of rotatable bonds is 2. The molecule has 1 aromatic heterocycles. The number of hydrogen-bond acceptors (Lipinski definition) is 4. The Morgan fingerprint density at radius 2 is 1.93 bits per heavy atom. The fourth-order valence-corrected chi connectivity index (χ4v) is 0.965. The van der Waals surface area contributed by atoms with Gasteiger partial charge >= 0.3 is 5.97 Å². The molecule has 0 radical (unpaired) electrons. The molecule has 0 saturated heterocycles. The summed E-state index contributed by atoms with van der Waals surface area (Å²) in [5.41, 5.74) is -0.491. The van der Waals surface area contributed by atoms with Crippen LogP contribution < -0.4 is 0 Å². The predicted octanol–water partition coefficient (Wildman–Crippen LogP) is 2.33. The lowest BCUT2D eigenvalue weighted by molar-refractivity contribution is -0.154. The van der Waals surface area contributed by atoms with Crippen molar-refractivity contribution in [2.24, 2.45) is 5.41 Å². The van der Waals surface area contributed by atoms with Gasteiger partial charge in [0.25, 0.3) is 0 Å². The van der Waals surface area contributed by atoms with E-state index in [0.717, 1.165) is 4.47 Å². The molecular formula is C10H13BrN2O2. The second-order valence-corrected chi connectivity index (χ2v) is 5.06. The van der Waals surface area contributed by atoms with Crippen molar-refractivity contribution in [1.82, 2.24) is 9.97 Å². The first kappa shape index (κ1) is 12.1. The maximum atomic E-state index is 11.4. The topological polar surface area (TPSA) is 52.1 Å². The molecule has 1 heterocycles. The Morgan fingerprint density at radius 3 is 2.40 bits per heavy atom. The van der Waals surface area contributed by atoms with Crippen molar-refractivity contribution >= 4 is 21.9 Å². The second-order valence-electron chi connectivity index (χ2n) is 4.14. The molecule has 0 aliphatic heterocycles. The smallest absolute Gasteiger partial charge is 0.311 e. The molecule has 0 fully saturated rings. The van der Waals surface area contributed by atoms with E-state index in [1.807, 2.05) is 0 Å². The van der Waals surface area contributed by atoms with E-state index in [0.29, 0.717) is 5.82 Å². The van der Waals surface area contributed by atoms with Gasteiger partial charge in [0, 0.05) is 12.4 Å². The van der Waals surface area contributed by atoms with Crippen LogP contribution in [0.5, 0.6) is 0 Å². The van der Waals surface area contributed by atoms with Gasteiger partial charge in [0.05, 0.1) is 9.89 Å². The Labute approximate surface area is 97.2 Å². The third-order valence-corrected chi connectivity index (χ3v) is 2.03. The van der Waals surface area contributed by atoms with Crippen molar-refractivity contribution in [3.63, 3.8) is 0 Å². The van der Waals surface area contributed by atoms with Crippen LogP contribution in [0.2, 0.25) is 0 Å². The SMILES string of the molecule is CC(C)(C)C(=O)OCc1ncc(Br)cn1. The van der Waals surface area contributed by atoms with Crippen molar-refractivity contribution in [2.75, 3.05) is 0 Å². The zero-order chi connectivity index (χ0) is 11.5. The van der Waals surface area contributed by atoms with Crippen LogP contribution in [0.4, 0.5) is 0 Å². The van der Waals surface area contributed by atoms with Gasteiger partial charge in [-0.3, -0.25) is 4.79 Å². The molecule has 0 unspecified atom stereocenters. The van der Waals surface area contributed by atoms with Crippen LogP contribution in [-0.4, -0.2) is 15.9 Å². The third kappa shape index (κ3) is 3.95. The molecule has 0 aliphatic carbocycles. The first-order valence-corrected chi connectivity index (χ1v) is 5.32. The fourth-order valence-electron chi connectivity index (χ4n) is 0.760. The molecule has 0 saturated carbocycles. The van der Waals surface area contributed by atoms with Gasteiger partial charge in [0.2, 0.25) is 0 Å². The minimum absolute atomic E-state index is 0.114. The Kier molecular flexibility index (Phi) is 3.79. The van der Waals surface area contributed by atoms with E-state index >= 15 is 0 Å². The number of carbonyl (C=O) groups excluding carboxylic acids is 1. The quantitative estimate of drug-likeness (QED) is 0.776. The van der Waals surface area contributed by atoms with Crippen LogP contribution >= 0.6 is 15.9 Å². The van der Waals surface area contributed by atoms with Gasteiger partial charge in [-0.1, -0.05) is 0 Å². The van der Waals surface area contributed by atoms with Crippen LogP contribution in [0, 0.1) is 5.41 Å². The number of hydrogen-bond donors (Lipinski definition) is 0. The van der Waals surface area contributed by atoms with E-state index in [-0.39, 0.29) is 12.6 Å². The highest BCUT2D eigenvalue weighted by atomic mass is 79.9. The maximum absolute atomic E-state index is 11.4. The largest absolute Gasteiger partial charge is 0.457 e. The summed E-state index contributed by atoms with van der Waals surface area (Å²) >= 11 is 3.22. The summed E-state index contributed by atoms with van der Waals surface area (Å²) in [5, 5.41) is 0. The van der Waals surface area contributed by atoms with Gasteiger partial charge in [-0.05, 0) is 36.7 Å². The number of carbonyl (C=O) groups is 1. The lowest BCUT2D eigenvalue weighted by Gasteiger charge is -2.15. The number of aromatic nitrogens is 2. The molecule has 1 aromatic rings. The number of ether oxygens (including phenoxy) is 1. The van der Waals surface area contributed by atoms with Crippen molar-refractivity contribution in [1.29, 1.82) is 0 Å². The zero-order valence-electron chi connectivity index (χ0n) is 8.95. The first-order valence-electron chi connectivity index (χ1n) is 4.53. The van der Waals surface area contributed by atoms with Crippen LogP contribution in [-0.2, 0) is 16.1 Å². The molecular weight excluding hydrogens is 260 g/mol. The van der Waals surface area contributed by atoms with Gasteiger partial charge in [0.15, 0.2) is 12.4 Å². The number of nitrogens with zero attached hydrogens (tertiary/aromatic N) is 2. The van der Waals surface area contributed by atoms with Crippen molar-refractivity contribution in [3.8, 4) is 0 Å². The molecule has 0 bridgehead atoms. The van der Waals surface area contributed by atoms with Gasteiger partial charge in [-0.25, -0.2) is 9.97 Å². The fraction of sp³-hybridized carbons (Fsp3) is 0.500. The summed E-state index contributed by atoms with van der Waals surface area (Å²) in [4.78, 5) is 19.4. The van der Waals surface area contributed by atoms with Gasteiger partial charge in [0.1, 0.15) is 0 Å². The summed E-state index contributed by atoms with van der Waals surface area (Å²) in [6.45, 7) is 5.52. The van der Waals surface area contributed by atoms with Crippen LogP contribution in [0.1, 0.15) is 26.6 Å². The third-order valence-electron chi connectivity index (χ3n) is 1.62. The molecule has 15 heavy (non-hydrogen) atoms. The minimum Gasteiger partial charge on any atom is -0.457 e. The standard InChI is InChI=1S/C10H13BrN2O2/c1-10(2,3)9(14)15-6-8-12-4-7(11)5-13-8/h4-5H,6H2,1-3H3. The summed E-state index contributed by atoms with van der Waals surface area (Å²) in [6.07, 6.45) is 3.24. The van der Waals surface area contributed by atoms with Crippen LogP contribution in [0.25, 0.3) is 0 Å². The molecule has 0 spiro atoms. The van der Waals surface area contributed by atoms with Gasteiger partial charge in [-0.15, -0.1) is 0 Å². The Bertz CT molecular complexity index is 343. The van der Waals surface area contributed by atoms with Gasteiger partial charge in [-0.2, -0.15) is 0 Å². The molecule has 0 aromatic carbocycles. The Balaban J connectivity index is 2.51. The van der Waals surface area contributed by atoms with E-state index in [9.17, 15) is 4.79 Å². The summed E-state index contributed by atoms with van der Waals surface area (Å²) in [6, 6.07) is 0. The highest BCUT2D eigenvalue weighted by Gasteiger charge is 2.23. The lowest BCUT2D eigenvalue weighted by atomic mass is 9.97. The normalized spacial score (nSPS) is 11.2. The number of halogens is 1. The molecule has 1 rings (SSSR count). The van der Waals surface area contributed by atoms with E-state index in [2.05, 4.69) is 25.9 Å². The van der Waals surface area contributed by atoms with Crippen molar-refractivity contribution < 1.29 is 9.53 Å². The zero-order valence-corrected chi connectivity index (χ0v) is 10.5. The lowest BCUT2D eigenvalue weighted by Crippen LogP contribution is -2.23. The molecule has 0 atom stereocenters. The van der Waals surface area contributed by atoms with Crippen molar-refractivity contribution in [2.45, 2.75) is 27.4 Å². The average Bonchev–Trinajstić information content (AvgIpc) is 2.15. The highest BCUT2D eigenvalue weighted by molar-refractivity contribution is 9.10. The molecule has 5 heteroatoms. The van der Waals surface area contributed by atoms with Crippen molar-refractivity contribution in [3.05, 3.63) is 22.7 Å². The minimum atomic E-state index is -0.491. The molecule has 0 amide bonds. The van der Waals surface area contributed by atoms with Gasteiger partial charge < -0.3 is 4.74 Å². The second kappa shape index (κ2) is 4.70. The molecule has 4 nitrogen and oxygen atoms in total. The van der Waals surface area contributed by atoms with E-state index < -0.39 is 5.41 Å². The molecule has 0 aliphatic rings. The summed E-state index contributed by atoms with van der Waals surface area (Å²) < 4.78 is 5.85. The highest BCUT2D eigenvalue weighted by Crippen LogP contribution is 2.15. The average molecular weight is 273 g/mol. The van der Waals surface area contributed by atoms with E-state index in [4.69, 9.17) is 4.74 Å². The van der Waals surface area contributed by atoms with E-state index in [1.165, 1.54) is 0 Å².